The highest BCUT2D eigenvalue weighted by Crippen LogP contribution is 2.42. The molecule has 0 saturated carbocycles. The van der Waals surface area contributed by atoms with Crippen molar-refractivity contribution in [1.82, 2.24) is 9.88 Å². The number of likely N-dealkylation sites (tertiary alicyclic amines) is 1. The monoisotopic (exact) mass is 511 g/mol. The number of carbonyl (C=O) groups is 1. The van der Waals surface area contributed by atoms with Gasteiger partial charge in [0, 0.05) is 48.8 Å². The van der Waals surface area contributed by atoms with E-state index in [-0.39, 0.29) is 17.1 Å². The number of hydrogen-bond acceptors (Lipinski definition) is 5. The van der Waals surface area contributed by atoms with Crippen LogP contribution in [0.5, 0.6) is 0 Å². The third kappa shape index (κ3) is 4.89. The Morgan fingerprint density at radius 1 is 0.971 bits per heavy atom. The number of hydrogen-bond donors (Lipinski definition) is 0. The van der Waals surface area contributed by atoms with Gasteiger partial charge in [-0.25, -0.2) is 8.42 Å². The van der Waals surface area contributed by atoms with Gasteiger partial charge in [0.25, 0.3) is 0 Å². The van der Waals surface area contributed by atoms with Crippen molar-refractivity contribution in [1.29, 1.82) is 0 Å². The van der Waals surface area contributed by atoms with E-state index < -0.39 is 9.84 Å². The van der Waals surface area contributed by atoms with Crippen molar-refractivity contribution >= 4 is 43.8 Å². The van der Waals surface area contributed by atoms with Crippen LogP contribution in [-0.2, 0) is 14.6 Å². The van der Waals surface area contributed by atoms with Gasteiger partial charge in [0.05, 0.1) is 16.1 Å². The van der Waals surface area contributed by atoms with Crippen LogP contribution in [0.25, 0.3) is 10.8 Å². The highest BCUT2D eigenvalue weighted by molar-refractivity contribution is 7.91. The molecule has 2 fully saturated rings. The van der Waals surface area contributed by atoms with Crippen LogP contribution in [0.15, 0.2) is 59.6 Å². The number of nitrogens with zero attached hydrogens (tertiary/aromatic N) is 3. The molecule has 2 aliphatic heterocycles. The van der Waals surface area contributed by atoms with E-state index in [1.54, 1.807) is 24.3 Å². The fraction of sp³-hybridized carbons (Fsp3) is 0.407. The summed E-state index contributed by atoms with van der Waals surface area (Å²) in [6, 6.07) is 14.7. The molecule has 35 heavy (non-hydrogen) atoms. The molecule has 3 heterocycles. The van der Waals surface area contributed by atoms with Crippen LogP contribution in [-0.4, -0.2) is 56.1 Å². The van der Waals surface area contributed by atoms with Gasteiger partial charge in [0.2, 0.25) is 5.91 Å². The van der Waals surface area contributed by atoms with E-state index in [1.165, 1.54) is 0 Å². The van der Waals surface area contributed by atoms with Crippen molar-refractivity contribution in [2.45, 2.75) is 37.5 Å². The van der Waals surface area contributed by atoms with Crippen LogP contribution in [0.1, 0.15) is 31.4 Å². The van der Waals surface area contributed by atoms with Crippen molar-refractivity contribution in [3.05, 3.63) is 65.4 Å². The predicted molar refractivity (Wildman–Crippen MR) is 140 cm³/mol. The van der Waals surface area contributed by atoms with E-state index in [9.17, 15) is 13.2 Å². The zero-order chi connectivity index (χ0) is 24.6. The topological polar surface area (TPSA) is 70.6 Å². The van der Waals surface area contributed by atoms with Gasteiger partial charge in [0.1, 0.15) is 0 Å². The molecular weight excluding hydrogens is 482 g/mol. The second-order valence-corrected chi connectivity index (χ2v) is 12.3. The number of amides is 1. The van der Waals surface area contributed by atoms with Gasteiger partial charge >= 0.3 is 0 Å². The van der Waals surface area contributed by atoms with Gasteiger partial charge in [-0.3, -0.25) is 9.78 Å². The van der Waals surface area contributed by atoms with Crippen molar-refractivity contribution in [3.8, 4) is 0 Å². The molecule has 2 aromatic carbocycles. The number of aryl methyl sites for hydroxylation is 1. The Labute approximate surface area is 211 Å². The molecule has 0 unspecified atom stereocenters. The predicted octanol–water partition coefficient (Wildman–Crippen LogP) is 4.88. The number of carbonyl (C=O) groups excluding carboxylic acids is 1. The Kier molecular flexibility index (Phi) is 6.49. The molecule has 3 aromatic rings. The minimum absolute atomic E-state index is 0.0258. The molecule has 2 saturated heterocycles. The van der Waals surface area contributed by atoms with Gasteiger partial charge in [-0.1, -0.05) is 23.7 Å². The zero-order valence-corrected chi connectivity index (χ0v) is 21.5. The molecule has 5 rings (SSSR count). The lowest BCUT2D eigenvalue weighted by Gasteiger charge is -2.39. The summed E-state index contributed by atoms with van der Waals surface area (Å²) in [6.45, 7) is 4.89. The molecule has 0 radical (unpaired) electrons. The summed E-state index contributed by atoms with van der Waals surface area (Å²) in [5.74, 6) is 0.223. The minimum atomic E-state index is -3.43. The van der Waals surface area contributed by atoms with E-state index in [0.717, 1.165) is 54.5 Å². The van der Waals surface area contributed by atoms with E-state index in [2.05, 4.69) is 16.0 Å². The lowest BCUT2D eigenvalue weighted by atomic mass is 9.77. The Bertz CT molecular complexity index is 1370. The molecule has 8 heteroatoms. The fourth-order valence-electron chi connectivity index (χ4n) is 5.44. The quantitative estimate of drug-likeness (QED) is 0.471. The van der Waals surface area contributed by atoms with Crippen molar-refractivity contribution < 1.29 is 13.2 Å². The number of halogens is 1. The maximum atomic E-state index is 13.3. The summed E-state index contributed by atoms with van der Waals surface area (Å²) in [6.07, 6.45) is 4.80. The Hall–Kier alpha value is -2.64. The Balaban J connectivity index is 1.17. The highest BCUT2D eigenvalue weighted by Gasteiger charge is 2.47. The van der Waals surface area contributed by atoms with Gasteiger partial charge < -0.3 is 9.80 Å². The molecule has 1 spiro atoms. The normalized spacial score (nSPS) is 18.1. The van der Waals surface area contributed by atoms with Crippen LogP contribution in [0.4, 0.5) is 5.69 Å². The number of fused-ring (bicyclic) bond motifs is 1. The first-order chi connectivity index (χ1) is 16.8. The van der Waals surface area contributed by atoms with E-state index in [4.69, 9.17) is 11.6 Å². The molecule has 2 aliphatic rings. The van der Waals surface area contributed by atoms with Crippen molar-refractivity contribution in [2.24, 2.45) is 5.41 Å². The molecule has 184 valence electrons. The second-order valence-electron chi connectivity index (χ2n) is 9.79. The van der Waals surface area contributed by atoms with Crippen LogP contribution < -0.4 is 4.90 Å². The van der Waals surface area contributed by atoms with Gasteiger partial charge in [-0.2, -0.15) is 0 Å². The first-order valence-corrected chi connectivity index (χ1v) is 14.2. The third-order valence-corrected chi connectivity index (χ3v) is 9.57. The Morgan fingerprint density at radius 3 is 2.46 bits per heavy atom. The van der Waals surface area contributed by atoms with Crippen LogP contribution in [0, 0.1) is 12.3 Å². The molecule has 6 nitrogen and oxygen atoms in total. The lowest BCUT2D eigenvalue weighted by molar-refractivity contribution is -0.137. The number of anilines is 1. The third-order valence-electron chi connectivity index (χ3n) is 7.54. The molecule has 0 aliphatic carbocycles. The molecule has 1 aromatic heterocycles. The van der Waals surface area contributed by atoms with Gasteiger partial charge in [-0.15, -0.1) is 0 Å². The number of pyridine rings is 1. The summed E-state index contributed by atoms with van der Waals surface area (Å²) >= 11 is 6.03. The molecule has 1 amide bonds. The van der Waals surface area contributed by atoms with Crippen LogP contribution in [0.3, 0.4) is 0 Å². The number of sulfone groups is 1. The number of aromatic nitrogens is 1. The first-order valence-electron chi connectivity index (χ1n) is 12.1. The summed E-state index contributed by atoms with van der Waals surface area (Å²) in [5, 5.41) is 2.38. The molecule has 0 atom stereocenters. The van der Waals surface area contributed by atoms with Crippen LogP contribution in [0.2, 0.25) is 5.02 Å². The largest absolute Gasteiger partial charge is 0.371 e. The average Bonchev–Trinajstić information content (AvgIpc) is 3.14. The van der Waals surface area contributed by atoms with E-state index in [1.807, 2.05) is 36.2 Å². The number of rotatable bonds is 6. The average molecular weight is 512 g/mol. The summed E-state index contributed by atoms with van der Waals surface area (Å²) in [4.78, 5) is 22.1. The number of piperidine rings is 1. The molecule has 0 N–H and O–H groups in total. The van der Waals surface area contributed by atoms with Crippen molar-refractivity contribution in [3.63, 3.8) is 0 Å². The zero-order valence-electron chi connectivity index (χ0n) is 19.9. The Morgan fingerprint density at radius 2 is 1.69 bits per heavy atom. The minimum Gasteiger partial charge on any atom is -0.371 e. The van der Waals surface area contributed by atoms with E-state index >= 15 is 0 Å². The van der Waals surface area contributed by atoms with Gasteiger partial charge in [0.15, 0.2) is 9.84 Å². The maximum absolute atomic E-state index is 13.3. The summed E-state index contributed by atoms with van der Waals surface area (Å²) in [5.41, 5.74) is 1.86. The summed E-state index contributed by atoms with van der Waals surface area (Å²) < 4.78 is 25.9. The van der Waals surface area contributed by atoms with Gasteiger partial charge in [-0.05, 0) is 79.8 Å². The number of benzene rings is 2. The molecule has 0 bridgehead atoms. The van der Waals surface area contributed by atoms with E-state index in [0.29, 0.717) is 29.4 Å². The fourth-order valence-corrected chi connectivity index (χ4v) is 6.95. The van der Waals surface area contributed by atoms with Crippen LogP contribution >= 0.6 is 11.6 Å². The first kappa shape index (κ1) is 24.1. The molecular formula is C27H30ClN3O3S. The standard InChI is InChI=1S/C27H30ClN3O3S/c1-20-17-24(7-11-29-20)30-13-8-27(9-14-30)10-15-31(26(27)32)12-2-16-35(33,34)25-6-4-21-18-23(28)5-3-22(21)19-25/h3-7,11,17-19H,2,8-10,12-16H2,1H3. The maximum Gasteiger partial charge on any atom is 0.228 e. The smallest absolute Gasteiger partial charge is 0.228 e. The lowest BCUT2D eigenvalue weighted by Crippen LogP contribution is -2.45. The SMILES string of the molecule is Cc1cc(N2CCC3(CCN(CCCS(=O)(=O)c4ccc5cc(Cl)ccc5c4)C3=O)CC2)ccn1. The van der Waals surface area contributed by atoms with Crippen molar-refractivity contribution in [2.75, 3.05) is 36.8 Å². The summed E-state index contributed by atoms with van der Waals surface area (Å²) in [7, 11) is -3.43. The second kappa shape index (κ2) is 9.43. The highest BCUT2D eigenvalue weighted by atomic mass is 35.5.